The molecule has 0 aromatic heterocycles. The highest BCUT2D eigenvalue weighted by atomic mass is 35.5. The van der Waals surface area contributed by atoms with Crippen LogP contribution in [-0.2, 0) is 9.59 Å². The normalized spacial score (nSPS) is 20.6. The molecule has 0 bridgehead atoms. The van der Waals surface area contributed by atoms with E-state index in [4.69, 9.17) is 11.6 Å². The van der Waals surface area contributed by atoms with E-state index in [1.807, 2.05) is 70.2 Å². The number of hydrogen-bond donors (Lipinski definition) is 0. The minimum Gasteiger partial charge on any atom is -0.330 e. The summed E-state index contributed by atoms with van der Waals surface area (Å²) in [5.74, 6) is -0.816. The molecule has 2 atom stereocenters. The molecule has 3 rings (SSSR count). The molecule has 1 aliphatic heterocycles. The molecule has 1 saturated heterocycles. The van der Waals surface area contributed by atoms with E-state index in [0.717, 1.165) is 22.3 Å². The fraction of sp³-hybridized carbons (Fsp3) is 0.333. The van der Waals surface area contributed by atoms with Crippen LogP contribution in [0.4, 0.5) is 0 Å². The molecule has 3 nitrogen and oxygen atoms in total. The van der Waals surface area contributed by atoms with Gasteiger partial charge in [-0.2, -0.15) is 0 Å². The number of carbonyl (C=O) groups excluding carboxylic acids is 2. The number of benzene rings is 2. The van der Waals surface area contributed by atoms with Gasteiger partial charge in [0.2, 0.25) is 5.91 Å². The Kier molecular flexibility index (Phi) is 4.70. The lowest BCUT2D eigenvalue weighted by Crippen LogP contribution is -2.38. The Balaban J connectivity index is 2.05. The Morgan fingerprint density at radius 1 is 1.00 bits per heavy atom. The van der Waals surface area contributed by atoms with Crippen molar-refractivity contribution >= 4 is 23.3 Å². The number of ketones is 1. The molecule has 4 heteroatoms. The molecule has 0 aliphatic carbocycles. The maximum absolute atomic E-state index is 12.9. The number of Topliss-reactive ketones (excluding diaryl/α,β-unsaturated/α-hetero) is 1. The molecular formula is C21H22ClNO2. The van der Waals surface area contributed by atoms with Gasteiger partial charge in [0, 0.05) is 11.1 Å². The number of nitrogens with zero attached hydrogens (tertiary/aromatic N) is 1. The van der Waals surface area contributed by atoms with Crippen LogP contribution in [0.25, 0.3) is 11.1 Å². The fourth-order valence-corrected chi connectivity index (χ4v) is 3.73. The lowest BCUT2D eigenvalue weighted by molar-refractivity contribution is -0.131. The van der Waals surface area contributed by atoms with Crippen LogP contribution in [0, 0.1) is 6.92 Å². The lowest BCUT2D eigenvalue weighted by atomic mass is 9.88. The van der Waals surface area contributed by atoms with E-state index in [9.17, 15) is 9.59 Å². The summed E-state index contributed by atoms with van der Waals surface area (Å²) in [6.07, 6.45) is 0. The number of amides is 1. The van der Waals surface area contributed by atoms with Gasteiger partial charge in [-0.3, -0.25) is 9.59 Å². The summed E-state index contributed by atoms with van der Waals surface area (Å²) in [4.78, 5) is 27.4. The first-order valence-electron chi connectivity index (χ1n) is 8.53. The van der Waals surface area contributed by atoms with Crippen molar-refractivity contribution in [1.29, 1.82) is 0 Å². The molecule has 2 aromatic rings. The van der Waals surface area contributed by atoms with Gasteiger partial charge >= 0.3 is 0 Å². The predicted molar refractivity (Wildman–Crippen MR) is 101 cm³/mol. The number of carbonyl (C=O) groups is 2. The van der Waals surface area contributed by atoms with Crippen LogP contribution in [0.1, 0.15) is 37.8 Å². The molecule has 1 aliphatic rings. The predicted octanol–water partition coefficient (Wildman–Crippen LogP) is 4.61. The Morgan fingerprint density at radius 2 is 1.60 bits per heavy atom. The van der Waals surface area contributed by atoms with Crippen molar-refractivity contribution in [1.82, 2.24) is 4.90 Å². The number of halogens is 1. The smallest absolute Gasteiger partial charge is 0.238 e. The zero-order chi connectivity index (χ0) is 18.3. The van der Waals surface area contributed by atoms with Crippen molar-refractivity contribution in [3.63, 3.8) is 0 Å². The van der Waals surface area contributed by atoms with Crippen LogP contribution in [0.3, 0.4) is 0 Å². The van der Waals surface area contributed by atoms with E-state index < -0.39 is 5.92 Å². The summed E-state index contributed by atoms with van der Waals surface area (Å²) < 4.78 is 0. The summed E-state index contributed by atoms with van der Waals surface area (Å²) in [5.41, 5.74) is 3.76. The summed E-state index contributed by atoms with van der Waals surface area (Å²) >= 11 is 5.96. The van der Waals surface area contributed by atoms with Gasteiger partial charge in [-0.05, 0) is 68.1 Å². The van der Waals surface area contributed by atoms with Crippen LogP contribution in [-0.4, -0.2) is 28.7 Å². The van der Waals surface area contributed by atoms with Gasteiger partial charge < -0.3 is 4.90 Å². The summed E-state index contributed by atoms with van der Waals surface area (Å²) in [6, 6.07) is 13.1. The molecule has 2 unspecified atom stereocenters. The van der Waals surface area contributed by atoms with E-state index in [-0.39, 0.29) is 23.8 Å². The second-order valence-corrected chi connectivity index (χ2v) is 7.37. The average Bonchev–Trinajstić information content (AvgIpc) is 2.79. The third kappa shape index (κ3) is 3.09. The molecule has 2 aromatic carbocycles. The van der Waals surface area contributed by atoms with Crippen molar-refractivity contribution in [2.45, 2.75) is 45.7 Å². The van der Waals surface area contributed by atoms with Crippen LogP contribution in [0.5, 0.6) is 0 Å². The van der Waals surface area contributed by atoms with Crippen molar-refractivity contribution < 1.29 is 9.59 Å². The monoisotopic (exact) mass is 355 g/mol. The van der Waals surface area contributed by atoms with Gasteiger partial charge in [-0.1, -0.05) is 35.9 Å². The van der Waals surface area contributed by atoms with Crippen LogP contribution < -0.4 is 0 Å². The molecule has 1 amide bonds. The average molecular weight is 356 g/mol. The molecule has 0 saturated carbocycles. The molecule has 1 fully saturated rings. The van der Waals surface area contributed by atoms with E-state index in [1.165, 1.54) is 0 Å². The second kappa shape index (κ2) is 6.64. The molecule has 0 radical (unpaired) electrons. The van der Waals surface area contributed by atoms with Crippen molar-refractivity contribution in [2.24, 2.45) is 0 Å². The van der Waals surface area contributed by atoms with Gasteiger partial charge in [0.1, 0.15) is 5.92 Å². The first-order chi connectivity index (χ1) is 11.8. The van der Waals surface area contributed by atoms with Gasteiger partial charge in [0.25, 0.3) is 0 Å². The Labute approximate surface area is 153 Å². The maximum atomic E-state index is 12.9. The van der Waals surface area contributed by atoms with Gasteiger partial charge in [0.05, 0.1) is 6.04 Å². The minimum atomic E-state index is -0.704. The number of aryl methyl sites for hydroxylation is 1. The molecule has 130 valence electrons. The molecule has 25 heavy (non-hydrogen) atoms. The highest BCUT2D eigenvalue weighted by molar-refractivity contribution is 6.30. The Bertz CT molecular complexity index is 826. The lowest BCUT2D eigenvalue weighted by Gasteiger charge is -2.24. The second-order valence-electron chi connectivity index (χ2n) is 6.93. The van der Waals surface area contributed by atoms with Crippen molar-refractivity contribution in [3.05, 3.63) is 58.6 Å². The van der Waals surface area contributed by atoms with E-state index in [1.54, 1.807) is 4.90 Å². The summed E-state index contributed by atoms with van der Waals surface area (Å²) in [7, 11) is 0. The standard InChI is InChI=1S/C21H22ClNO2/c1-12(2)23-14(4)20(24)19(21(23)25)18-11-16(6-5-13(18)3)15-7-9-17(22)10-8-15/h5-12,14,19H,1-4H3. The molecule has 0 N–H and O–H groups in total. The topological polar surface area (TPSA) is 37.4 Å². The quantitative estimate of drug-likeness (QED) is 0.754. The summed E-state index contributed by atoms with van der Waals surface area (Å²) in [5, 5.41) is 0.679. The third-order valence-corrected chi connectivity index (χ3v) is 5.19. The van der Waals surface area contributed by atoms with E-state index in [2.05, 4.69) is 0 Å². The Morgan fingerprint density at radius 3 is 2.16 bits per heavy atom. The van der Waals surface area contributed by atoms with Crippen molar-refractivity contribution in [2.75, 3.05) is 0 Å². The highest BCUT2D eigenvalue weighted by Crippen LogP contribution is 2.35. The third-order valence-electron chi connectivity index (χ3n) is 4.94. The zero-order valence-corrected chi connectivity index (χ0v) is 15.7. The van der Waals surface area contributed by atoms with Crippen LogP contribution in [0.15, 0.2) is 42.5 Å². The molecular weight excluding hydrogens is 334 g/mol. The van der Waals surface area contributed by atoms with Gasteiger partial charge in [-0.25, -0.2) is 0 Å². The highest BCUT2D eigenvalue weighted by Gasteiger charge is 2.46. The zero-order valence-electron chi connectivity index (χ0n) is 14.9. The van der Waals surface area contributed by atoms with Crippen LogP contribution >= 0.6 is 11.6 Å². The van der Waals surface area contributed by atoms with Crippen LogP contribution in [0.2, 0.25) is 5.02 Å². The number of rotatable bonds is 3. The number of likely N-dealkylation sites (tertiary alicyclic amines) is 1. The molecule has 1 heterocycles. The molecule has 0 spiro atoms. The maximum Gasteiger partial charge on any atom is 0.238 e. The Hall–Kier alpha value is -2.13. The van der Waals surface area contributed by atoms with Gasteiger partial charge in [-0.15, -0.1) is 0 Å². The minimum absolute atomic E-state index is 0.0104. The largest absolute Gasteiger partial charge is 0.330 e. The SMILES string of the molecule is Cc1ccc(-c2ccc(Cl)cc2)cc1C1C(=O)C(C)N(C(C)C)C1=O. The van der Waals surface area contributed by atoms with E-state index >= 15 is 0 Å². The first kappa shape index (κ1) is 17.7. The first-order valence-corrected chi connectivity index (χ1v) is 8.91. The van der Waals surface area contributed by atoms with Gasteiger partial charge in [0.15, 0.2) is 5.78 Å². The number of hydrogen-bond acceptors (Lipinski definition) is 2. The van der Waals surface area contributed by atoms with Crippen molar-refractivity contribution in [3.8, 4) is 11.1 Å². The van der Waals surface area contributed by atoms with E-state index in [0.29, 0.717) is 5.02 Å². The summed E-state index contributed by atoms with van der Waals surface area (Å²) in [6.45, 7) is 7.66. The fourth-order valence-electron chi connectivity index (χ4n) is 3.60.